The SMILES string of the molecule is NN1CCc2cc(P)ccc21. The van der Waals surface area contributed by atoms with Crippen LogP contribution >= 0.6 is 9.24 Å². The molecule has 1 aliphatic heterocycles. The van der Waals surface area contributed by atoms with Gasteiger partial charge in [-0.05, 0) is 29.4 Å². The van der Waals surface area contributed by atoms with Gasteiger partial charge in [0.2, 0.25) is 0 Å². The van der Waals surface area contributed by atoms with Gasteiger partial charge in [0.1, 0.15) is 0 Å². The van der Waals surface area contributed by atoms with E-state index in [4.69, 9.17) is 5.84 Å². The topological polar surface area (TPSA) is 29.3 Å². The molecule has 2 nitrogen and oxygen atoms in total. The van der Waals surface area contributed by atoms with E-state index in [9.17, 15) is 0 Å². The lowest BCUT2D eigenvalue weighted by Crippen LogP contribution is -2.28. The van der Waals surface area contributed by atoms with Crippen LogP contribution in [0.25, 0.3) is 0 Å². The van der Waals surface area contributed by atoms with Crippen LogP contribution in [0.2, 0.25) is 0 Å². The van der Waals surface area contributed by atoms with Gasteiger partial charge in [0.25, 0.3) is 0 Å². The molecular weight excluding hydrogens is 155 g/mol. The van der Waals surface area contributed by atoms with Crippen LogP contribution < -0.4 is 16.2 Å². The van der Waals surface area contributed by atoms with E-state index in [1.54, 1.807) is 5.01 Å². The maximum absolute atomic E-state index is 5.72. The monoisotopic (exact) mass is 166 g/mol. The van der Waals surface area contributed by atoms with Crippen molar-refractivity contribution in [3.05, 3.63) is 23.8 Å². The first kappa shape index (κ1) is 7.08. The van der Waals surface area contributed by atoms with E-state index in [-0.39, 0.29) is 0 Å². The first-order valence-electron chi connectivity index (χ1n) is 3.68. The van der Waals surface area contributed by atoms with E-state index in [2.05, 4.69) is 27.4 Å². The van der Waals surface area contributed by atoms with Gasteiger partial charge in [0.05, 0.1) is 5.69 Å². The van der Waals surface area contributed by atoms with Gasteiger partial charge in [-0.15, -0.1) is 9.24 Å². The van der Waals surface area contributed by atoms with Crippen LogP contribution in [0.1, 0.15) is 5.56 Å². The summed E-state index contributed by atoms with van der Waals surface area (Å²) in [4.78, 5) is 0. The summed E-state index contributed by atoms with van der Waals surface area (Å²) in [5.74, 6) is 5.72. The zero-order valence-corrected chi connectivity index (χ0v) is 7.40. The predicted molar refractivity (Wildman–Crippen MR) is 51.0 cm³/mol. The highest BCUT2D eigenvalue weighted by molar-refractivity contribution is 7.27. The molecule has 0 fully saturated rings. The fraction of sp³-hybridized carbons (Fsp3) is 0.250. The molecule has 0 saturated carbocycles. The Morgan fingerprint density at radius 2 is 2.27 bits per heavy atom. The number of hydrazine groups is 1. The lowest BCUT2D eigenvalue weighted by atomic mass is 10.2. The van der Waals surface area contributed by atoms with E-state index >= 15 is 0 Å². The number of nitrogens with two attached hydrogens (primary N) is 1. The smallest absolute Gasteiger partial charge is 0.0550 e. The molecule has 0 aliphatic carbocycles. The second-order valence-corrected chi connectivity index (χ2v) is 3.50. The normalized spacial score (nSPS) is 15.3. The standard InChI is InChI=1S/C8H11N2P/c9-10-4-3-6-5-7(11)1-2-8(6)10/h1-2,5H,3-4,9,11H2. The van der Waals surface area contributed by atoms with Crippen molar-refractivity contribution in [3.8, 4) is 0 Å². The van der Waals surface area contributed by atoms with Gasteiger partial charge < -0.3 is 5.01 Å². The van der Waals surface area contributed by atoms with Gasteiger partial charge in [-0.1, -0.05) is 6.07 Å². The average Bonchev–Trinajstić information content (AvgIpc) is 2.32. The third-order valence-electron chi connectivity index (χ3n) is 2.04. The number of benzene rings is 1. The first-order valence-corrected chi connectivity index (χ1v) is 4.26. The summed E-state index contributed by atoms with van der Waals surface area (Å²) in [6.45, 7) is 0.948. The molecule has 0 spiro atoms. The van der Waals surface area contributed by atoms with Gasteiger partial charge in [0, 0.05) is 6.54 Å². The molecule has 0 aromatic heterocycles. The highest BCUT2D eigenvalue weighted by Crippen LogP contribution is 2.23. The minimum absolute atomic E-state index is 0.948. The number of anilines is 1. The predicted octanol–water partition coefficient (Wildman–Crippen LogP) is 0.423. The third kappa shape index (κ3) is 1.13. The number of hydrogen-bond acceptors (Lipinski definition) is 2. The van der Waals surface area contributed by atoms with Crippen molar-refractivity contribution in [1.82, 2.24) is 0 Å². The molecule has 1 atom stereocenters. The zero-order chi connectivity index (χ0) is 7.84. The number of fused-ring (bicyclic) bond motifs is 1. The molecule has 0 bridgehead atoms. The molecule has 0 radical (unpaired) electrons. The lowest BCUT2D eigenvalue weighted by molar-refractivity contribution is 0.891. The summed E-state index contributed by atoms with van der Waals surface area (Å²) in [5, 5.41) is 3.04. The summed E-state index contributed by atoms with van der Waals surface area (Å²) in [7, 11) is 2.69. The molecule has 11 heavy (non-hydrogen) atoms. The van der Waals surface area contributed by atoms with E-state index in [1.807, 2.05) is 0 Å². The van der Waals surface area contributed by atoms with Gasteiger partial charge in [0.15, 0.2) is 0 Å². The summed E-state index contributed by atoms with van der Waals surface area (Å²) in [6, 6.07) is 6.31. The third-order valence-corrected chi connectivity index (χ3v) is 2.39. The summed E-state index contributed by atoms with van der Waals surface area (Å²) >= 11 is 0. The molecule has 0 saturated heterocycles. The highest BCUT2D eigenvalue weighted by Gasteiger charge is 2.14. The Bertz CT molecular complexity index is 285. The Morgan fingerprint density at radius 3 is 3.09 bits per heavy atom. The van der Waals surface area contributed by atoms with Gasteiger partial charge in [-0.25, -0.2) is 5.84 Å². The van der Waals surface area contributed by atoms with Crippen LogP contribution in [0.3, 0.4) is 0 Å². The van der Waals surface area contributed by atoms with Crippen LogP contribution in [0.15, 0.2) is 18.2 Å². The molecule has 1 heterocycles. The van der Waals surface area contributed by atoms with Gasteiger partial charge in [-0.2, -0.15) is 0 Å². The Labute approximate surface area is 68.6 Å². The molecule has 2 rings (SSSR count). The van der Waals surface area contributed by atoms with Crippen molar-refractivity contribution in [2.75, 3.05) is 11.6 Å². The number of rotatable bonds is 0. The van der Waals surface area contributed by atoms with Crippen LogP contribution in [-0.2, 0) is 6.42 Å². The van der Waals surface area contributed by atoms with E-state index in [0.29, 0.717) is 0 Å². The minimum Gasteiger partial charge on any atom is -0.310 e. The maximum atomic E-state index is 5.72. The van der Waals surface area contributed by atoms with Crippen molar-refractivity contribution in [2.45, 2.75) is 6.42 Å². The second kappa shape index (κ2) is 2.47. The Kier molecular flexibility index (Phi) is 1.59. The first-order chi connectivity index (χ1) is 5.27. The molecular formula is C8H11N2P. The minimum atomic E-state index is 0.948. The van der Waals surface area contributed by atoms with Crippen LogP contribution in [-0.4, -0.2) is 6.54 Å². The quantitative estimate of drug-likeness (QED) is 0.447. The average molecular weight is 166 g/mol. The molecule has 1 aromatic carbocycles. The fourth-order valence-electron chi connectivity index (χ4n) is 1.45. The van der Waals surface area contributed by atoms with E-state index in [1.165, 1.54) is 16.6 Å². The highest BCUT2D eigenvalue weighted by atomic mass is 31.0. The van der Waals surface area contributed by atoms with Crippen LogP contribution in [0.4, 0.5) is 5.69 Å². The largest absolute Gasteiger partial charge is 0.310 e. The Balaban J connectivity index is 2.50. The molecule has 1 aliphatic rings. The van der Waals surface area contributed by atoms with Crippen molar-refractivity contribution >= 4 is 20.2 Å². The van der Waals surface area contributed by atoms with Crippen molar-refractivity contribution in [1.29, 1.82) is 0 Å². The van der Waals surface area contributed by atoms with Gasteiger partial charge >= 0.3 is 0 Å². The second-order valence-electron chi connectivity index (χ2n) is 2.83. The van der Waals surface area contributed by atoms with E-state index < -0.39 is 0 Å². The van der Waals surface area contributed by atoms with Crippen molar-refractivity contribution < 1.29 is 0 Å². The summed E-state index contributed by atoms with van der Waals surface area (Å²) < 4.78 is 0. The summed E-state index contributed by atoms with van der Waals surface area (Å²) in [5.41, 5.74) is 2.54. The summed E-state index contributed by atoms with van der Waals surface area (Å²) in [6.07, 6.45) is 1.08. The lowest BCUT2D eigenvalue weighted by Gasteiger charge is -2.10. The number of hydrogen-bond donors (Lipinski definition) is 1. The zero-order valence-electron chi connectivity index (χ0n) is 6.25. The fourth-order valence-corrected chi connectivity index (χ4v) is 1.74. The number of nitrogens with zero attached hydrogens (tertiary/aromatic N) is 1. The molecule has 0 amide bonds. The molecule has 58 valence electrons. The Morgan fingerprint density at radius 1 is 1.45 bits per heavy atom. The molecule has 2 N–H and O–H groups in total. The van der Waals surface area contributed by atoms with Gasteiger partial charge in [-0.3, -0.25) is 0 Å². The molecule has 1 unspecified atom stereocenters. The molecule has 1 aromatic rings. The Hall–Kier alpha value is -0.590. The van der Waals surface area contributed by atoms with Crippen molar-refractivity contribution in [2.24, 2.45) is 5.84 Å². The maximum Gasteiger partial charge on any atom is 0.0550 e. The van der Waals surface area contributed by atoms with E-state index in [0.717, 1.165) is 13.0 Å². The van der Waals surface area contributed by atoms with Crippen LogP contribution in [0.5, 0.6) is 0 Å². The van der Waals surface area contributed by atoms with Crippen molar-refractivity contribution in [3.63, 3.8) is 0 Å². The van der Waals surface area contributed by atoms with Crippen LogP contribution in [0, 0.1) is 0 Å². The molecule has 3 heteroatoms.